The van der Waals surface area contributed by atoms with Gasteiger partial charge in [0.05, 0.1) is 6.04 Å². The standard InChI is InChI=1S/C10H18N4/c1-7(9-11-6-12-14-9)13-8(2)10(3)4-5-10/h6-8,13H,4-5H2,1-3H3,(H,11,12,14). The molecule has 14 heavy (non-hydrogen) atoms. The third-order valence-corrected chi connectivity index (χ3v) is 3.43. The summed E-state index contributed by atoms with van der Waals surface area (Å²) in [5.74, 6) is 0.918. The van der Waals surface area contributed by atoms with Gasteiger partial charge in [-0.25, -0.2) is 4.98 Å². The Bertz CT molecular complexity index is 289. The second-order valence-electron chi connectivity index (χ2n) is 4.63. The first-order valence-corrected chi connectivity index (χ1v) is 5.23. The minimum absolute atomic E-state index is 0.255. The fourth-order valence-electron chi connectivity index (χ4n) is 1.71. The number of rotatable bonds is 4. The Morgan fingerprint density at radius 3 is 2.71 bits per heavy atom. The van der Waals surface area contributed by atoms with Crippen molar-refractivity contribution in [2.45, 2.75) is 45.7 Å². The quantitative estimate of drug-likeness (QED) is 0.766. The van der Waals surface area contributed by atoms with Gasteiger partial charge in [-0.3, -0.25) is 5.10 Å². The summed E-state index contributed by atoms with van der Waals surface area (Å²) in [5, 5.41) is 10.3. The molecular weight excluding hydrogens is 176 g/mol. The minimum atomic E-state index is 0.255. The van der Waals surface area contributed by atoms with Crippen LogP contribution in [0.4, 0.5) is 0 Å². The highest BCUT2D eigenvalue weighted by atomic mass is 15.2. The van der Waals surface area contributed by atoms with Gasteiger partial charge in [0.25, 0.3) is 0 Å². The molecule has 0 aliphatic heterocycles. The van der Waals surface area contributed by atoms with Crippen molar-refractivity contribution in [2.75, 3.05) is 0 Å². The molecular formula is C10H18N4. The van der Waals surface area contributed by atoms with Gasteiger partial charge >= 0.3 is 0 Å². The molecule has 0 bridgehead atoms. The van der Waals surface area contributed by atoms with Crippen molar-refractivity contribution in [2.24, 2.45) is 5.41 Å². The predicted molar refractivity (Wildman–Crippen MR) is 54.7 cm³/mol. The molecule has 1 aliphatic rings. The molecule has 0 radical (unpaired) electrons. The molecule has 2 unspecified atom stereocenters. The molecule has 78 valence electrons. The summed E-state index contributed by atoms with van der Waals surface area (Å²) in [6.45, 7) is 6.69. The average molecular weight is 194 g/mol. The van der Waals surface area contributed by atoms with E-state index in [1.54, 1.807) is 6.33 Å². The van der Waals surface area contributed by atoms with Crippen molar-refractivity contribution < 1.29 is 0 Å². The van der Waals surface area contributed by atoms with E-state index >= 15 is 0 Å². The van der Waals surface area contributed by atoms with Gasteiger partial charge in [0.15, 0.2) is 0 Å². The number of aromatic nitrogens is 3. The molecule has 1 saturated carbocycles. The lowest BCUT2D eigenvalue weighted by Crippen LogP contribution is -2.35. The van der Waals surface area contributed by atoms with Crippen LogP contribution < -0.4 is 5.32 Å². The number of H-pyrrole nitrogens is 1. The smallest absolute Gasteiger partial charge is 0.141 e. The van der Waals surface area contributed by atoms with E-state index in [1.165, 1.54) is 12.8 Å². The Hall–Kier alpha value is -0.900. The summed E-state index contributed by atoms with van der Waals surface area (Å²) in [6, 6.07) is 0.799. The first-order chi connectivity index (χ1) is 6.62. The molecule has 1 heterocycles. The molecule has 2 atom stereocenters. The molecule has 2 N–H and O–H groups in total. The summed E-state index contributed by atoms with van der Waals surface area (Å²) in [5.41, 5.74) is 0.508. The van der Waals surface area contributed by atoms with Crippen LogP contribution in [0.25, 0.3) is 0 Å². The van der Waals surface area contributed by atoms with Crippen molar-refractivity contribution in [3.05, 3.63) is 12.2 Å². The second kappa shape index (κ2) is 3.35. The first-order valence-electron chi connectivity index (χ1n) is 5.23. The average Bonchev–Trinajstić information content (AvgIpc) is 2.71. The van der Waals surface area contributed by atoms with Gasteiger partial charge < -0.3 is 5.32 Å². The summed E-state index contributed by atoms with van der Waals surface area (Å²) in [6.07, 6.45) is 4.23. The number of nitrogens with zero attached hydrogens (tertiary/aromatic N) is 2. The SMILES string of the molecule is CC(NC(C)C1(C)CC1)c1ncn[nH]1. The van der Waals surface area contributed by atoms with Crippen LogP contribution >= 0.6 is 0 Å². The van der Waals surface area contributed by atoms with E-state index < -0.39 is 0 Å². The maximum absolute atomic E-state index is 4.14. The highest BCUT2D eigenvalue weighted by Gasteiger charge is 2.42. The highest BCUT2D eigenvalue weighted by Crippen LogP contribution is 2.48. The fourth-order valence-corrected chi connectivity index (χ4v) is 1.71. The summed E-state index contributed by atoms with van der Waals surface area (Å²) < 4.78 is 0. The van der Waals surface area contributed by atoms with Gasteiger partial charge in [0.1, 0.15) is 12.2 Å². The number of aromatic amines is 1. The van der Waals surface area contributed by atoms with Gasteiger partial charge in [-0.2, -0.15) is 5.10 Å². The molecule has 2 rings (SSSR count). The molecule has 1 fully saturated rings. The maximum Gasteiger partial charge on any atom is 0.141 e. The van der Waals surface area contributed by atoms with Crippen LogP contribution in [0.3, 0.4) is 0 Å². The van der Waals surface area contributed by atoms with E-state index in [4.69, 9.17) is 0 Å². The molecule has 0 aromatic carbocycles. The van der Waals surface area contributed by atoms with Crippen LogP contribution in [-0.4, -0.2) is 21.2 Å². The maximum atomic E-state index is 4.14. The summed E-state index contributed by atoms with van der Waals surface area (Å²) in [4.78, 5) is 4.14. The van der Waals surface area contributed by atoms with Crippen molar-refractivity contribution in [3.8, 4) is 0 Å². The molecule has 0 saturated heterocycles. The number of hydrogen-bond donors (Lipinski definition) is 2. The van der Waals surface area contributed by atoms with Gasteiger partial charge in [-0.1, -0.05) is 6.92 Å². The Balaban J connectivity index is 1.91. The first kappa shape index (κ1) is 9.65. The van der Waals surface area contributed by atoms with Crippen LogP contribution in [-0.2, 0) is 0 Å². The van der Waals surface area contributed by atoms with Gasteiger partial charge in [-0.05, 0) is 32.1 Å². The number of hydrogen-bond acceptors (Lipinski definition) is 3. The van der Waals surface area contributed by atoms with Crippen LogP contribution in [0.1, 0.15) is 45.5 Å². The lowest BCUT2D eigenvalue weighted by molar-refractivity contribution is 0.344. The van der Waals surface area contributed by atoms with Crippen molar-refractivity contribution in [1.82, 2.24) is 20.5 Å². The fraction of sp³-hybridized carbons (Fsp3) is 0.800. The van der Waals surface area contributed by atoms with Crippen molar-refractivity contribution >= 4 is 0 Å². The lowest BCUT2D eigenvalue weighted by Gasteiger charge is -2.23. The topological polar surface area (TPSA) is 53.6 Å². The molecule has 1 aromatic heterocycles. The molecule has 4 heteroatoms. The van der Waals surface area contributed by atoms with E-state index in [0.29, 0.717) is 11.5 Å². The molecule has 1 aromatic rings. The Morgan fingerprint density at radius 1 is 1.50 bits per heavy atom. The molecule has 1 aliphatic carbocycles. The predicted octanol–water partition coefficient (Wildman–Crippen LogP) is 1.64. The normalized spacial score (nSPS) is 23.1. The van der Waals surface area contributed by atoms with Gasteiger partial charge in [0.2, 0.25) is 0 Å². The van der Waals surface area contributed by atoms with Crippen LogP contribution in [0.5, 0.6) is 0 Å². The van der Waals surface area contributed by atoms with Crippen LogP contribution in [0, 0.1) is 5.41 Å². The Labute approximate surface area is 84.5 Å². The van der Waals surface area contributed by atoms with Crippen molar-refractivity contribution in [1.29, 1.82) is 0 Å². The second-order valence-corrected chi connectivity index (χ2v) is 4.63. The van der Waals surface area contributed by atoms with E-state index in [9.17, 15) is 0 Å². The molecule has 0 amide bonds. The summed E-state index contributed by atoms with van der Waals surface area (Å²) >= 11 is 0. The Morgan fingerprint density at radius 2 is 2.21 bits per heavy atom. The van der Waals surface area contributed by atoms with E-state index in [0.717, 1.165) is 5.82 Å². The largest absolute Gasteiger partial charge is 0.304 e. The zero-order valence-electron chi connectivity index (χ0n) is 9.04. The van der Waals surface area contributed by atoms with E-state index in [-0.39, 0.29) is 6.04 Å². The van der Waals surface area contributed by atoms with Gasteiger partial charge in [-0.15, -0.1) is 0 Å². The minimum Gasteiger partial charge on any atom is -0.304 e. The summed E-state index contributed by atoms with van der Waals surface area (Å²) in [7, 11) is 0. The van der Waals surface area contributed by atoms with E-state index in [2.05, 4.69) is 41.3 Å². The van der Waals surface area contributed by atoms with Crippen molar-refractivity contribution in [3.63, 3.8) is 0 Å². The van der Waals surface area contributed by atoms with Gasteiger partial charge in [0, 0.05) is 6.04 Å². The lowest BCUT2D eigenvalue weighted by atomic mass is 10.00. The molecule has 0 spiro atoms. The highest BCUT2D eigenvalue weighted by molar-refractivity contribution is 4.99. The van der Waals surface area contributed by atoms with E-state index in [1.807, 2.05) is 0 Å². The van der Waals surface area contributed by atoms with Crippen LogP contribution in [0.15, 0.2) is 6.33 Å². The third kappa shape index (κ3) is 1.80. The monoisotopic (exact) mass is 194 g/mol. The molecule has 4 nitrogen and oxygen atoms in total. The third-order valence-electron chi connectivity index (χ3n) is 3.43. The zero-order valence-corrected chi connectivity index (χ0v) is 9.04. The number of nitrogens with one attached hydrogen (secondary N) is 2. The zero-order chi connectivity index (χ0) is 10.2. The Kier molecular flexibility index (Phi) is 2.31. The van der Waals surface area contributed by atoms with Crippen LogP contribution in [0.2, 0.25) is 0 Å².